The molecule has 0 unspecified atom stereocenters. The minimum Gasteiger partial charge on any atom is -0.461 e. The lowest BCUT2D eigenvalue weighted by Crippen LogP contribution is -2.01. The van der Waals surface area contributed by atoms with Gasteiger partial charge < -0.3 is 9.53 Å². The molecule has 0 saturated carbocycles. The summed E-state index contributed by atoms with van der Waals surface area (Å²) in [6.07, 6.45) is 0.437. The fraction of sp³-hybridized carbons (Fsp3) is 0.273. The van der Waals surface area contributed by atoms with Gasteiger partial charge in [0, 0.05) is 6.42 Å². The van der Waals surface area contributed by atoms with E-state index in [0.717, 1.165) is 5.56 Å². The molecule has 0 radical (unpaired) electrons. The van der Waals surface area contributed by atoms with Crippen molar-refractivity contribution in [1.82, 2.24) is 0 Å². The van der Waals surface area contributed by atoms with E-state index in [0.29, 0.717) is 13.0 Å². The van der Waals surface area contributed by atoms with Crippen LogP contribution in [0.5, 0.6) is 0 Å². The number of carbonyl (C=O) groups is 2. The lowest BCUT2D eigenvalue weighted by molar-refractivity contribution is -0.144. The fourth-order valence-corrected chi connectivity index (χ4v) is 0.840. The average molecular weight is 194 g/mol. The van der Waals surface area contributed by atoms with Crippen molar-refractivity contribution in [2.75, 3.05) is 0 Å². The van der Waals surface area contributed by atoms with Gasteiger partial charge in [-0.2, -0.15) is 0 Å². The zero-order valence-electron chi connectivity index (χ0n) is 8.23. The summed E-state index contributed by atoms with van der Waals surface area (Å²) in [4.78, 5) is 18.8. The zero-order chi connectivity index (χ0) is 10.8. The minimum absolute atomic E-state index is 0.154. The van der Waals surface area contributed by atoms with Crippen molar-refractivity contribution in [3.05, 3.63) is 35.9 Å². The topological polar surface area (TPSA) is 43.4 Å². The number of benzene rings is 1. The monoisotopic (exact) mass is 194 g/mol. The molecule has 0 bridgehead atoms. The second kappa shape index (κ2) is 7.98. The molecule has 1 aromatic carbocycles. The summed E-state index contributed by atoms with van der Waals surface area (Å²) in [6.45, 7) is 4.17. The van der Waals surface area contributed by atoms with Crippen LogP contribution in [0.2, 0.25) is 0 Å². The largest absolute Gasteiger partial charge is 0.461 e. The molecule has 0 N–H and O–H groups in total. The molecule has 76 valence electrons. The molecule has 0 saturated heterocycles. The van der Waals surface area contributed by atoms with E-state index < -0.39 is 0 Å². The summed E-state index contributed by atoms with van der Waals surface area (Å²) < 4.78 is 4.94. The van der Waals surface area contributed by atoms with Crippen molar-refractivity contribution in [2.24, 2.45) is 0 Å². The Kier molecular flexibility index (Phi) is 7.05. The lowest BCUT2D eigenvalue weighted by Gasteiger charge is -2.01. The first-order valence-corrected chi connectivity index (χ1v) is 4.31. The summed E-state index contributed by atoms with van der Waals surface area (Å²) in [6, 6.07) is 9.65. The second-order valence-corrected chi connectivity index (χ2v) is 2.50. The molecular formula is C11H14O3. The zero-order valence-corrected chi connectivity index (χ0v) is 8.23. The summed E-state index contributed by atoms with van der Waals surface area (Å²) in [5, 5.41) is 0. The molecular weight excluding hydrogens is 180 g/mol. The van der Waals surface area contributed by atoms with Crippen molar-refractivity contribution in [2.45, 2.75) is 20.0 Å². The number of hydrogen-bond donors (Lipinski definition) is 0. The molecule has 0 atom stereocenters. The number of rotatable bonds is 3. The molecule has 14 heavy (non-hydrogen) atoms. The van der Waals surface area contributed by atoms with Crippen LogP contribution in [0.1, 0.15) is 18.9 Å². The van der Waals surface area contributed by atoms with Gasteiger partial charge in [-0.05, 0) is 5.56 Å². The SMILES string of the molecule is C=O.CCC(=O)OCc1ccccc1. The maximum Gasteiger partial charge on any atom is 0.305 e. The Morgan fingerprint density at radius 2 is 1.86 bits per heavy atom. The molecule has 0 aromatic heterocycles. The molecule has 3 nitrogen and oxygen atoms in total. The van der Waals surface area contributed by atoms with Gasteiger partial charge in [0.1, 0.15) is 13.4 Å². The normalized spacial score (nSPS) is 8.36. The van der Waals surface area contributed by atoms with E-state index in [1.54, 1.807) is 6.92 Å². The van der Waals surface area contributed by atoms with Crippen LogP contribution in [0.3, 0.4) is 0 Å². The van der Waals surface area contributed by atoms with E-state index in [4.69, 9.17) is 9.53 Å². The summed E-state index contributed by atoms with van der Waals surface area (Å²) in [5.74, 6) is -0.154. The van der Waals surface area contributed by atoms with E-state index in [1.807, 2.05) is 37.1 Å². The van der Waals surface area contributed by atoms with E-state index in [1.165, 1.54) is 0 Å². The Hall–Kier alpha value is -1.64. The third kappa shape index (κ3) is 5.09. The second-order valence-electron chi connectivity index (χ2n) is 2.50. The Morgan fingerprint density at radius 3 is 2.36 bits per heavy atom. The third-order valence-electron chi connectivity index (χ3n) is 1.53. The van der Waals surface area contributed by atoms with Crippen LogP contribution in [0, 0.1) is 0 Å². The van der Waals surface area contributed by atoms with Crippen molar-refractivity contribution >= 4 is 12.8 Å². The molecule has 1 rings (SSSR count). The molecule has 0 aliphatic heterocycles. The number of ether oxygens (including phenoxy) is 1. The highest BCUT2D eigenvalue weighted by atomic mass is 16.5. The molecule has 3 heteroatoms. The highest BCUT2D eigenvalue weighted by Gasteiger charge is 1.97. The Bertz CT molecular complexity index is 256. The van der Waals surface area contributed by atoms with Crippen LogP contribution in [-0.4, -0.2) is 12.8 Å². The van der Waals surface area contributed by atoms with E-state index in [-0.39, 0.29) is 5.97 Å². The van der Waals surface area contributed by atoms with E-state index >= 15 is 0 Å². The molecule has 0 heterocycles. The van der Waals surface area contributed by atoms with Crippen LogP contribution in [0.25, 0.3) is 0 Å². The van der Waals surface area contributed by atoms with Gasteiger partial charge in [0.2, 0.25) is 0 Å². The van der Waals surface area contributed by atoms with Crippen LogP contribution < -0.4 is 0 Å². The molecule has 0 fully saturated rings. The third-order valence-corrected chi connectivity index (χ3v) is 1.53. The summed E-state index contributed by atoms with van der Waals surface area (Å²) in [7, 11) is 0. The minimum atomic E-state index is -0.154. The first kappa shape index (κ1) is 12.4. The number of esters is 1. The van der Waals surface area contributed by atoms with Crippen molar-refractivity contribution in [3.8, 4) is 0 Å². The highest BCUT2D eigenvalue weighted by molar-refractivity contribution is 5.68. The Balaban J connectivity index is 0.000000791. The Labute approximate surface area is 83.7 Å². The smallest absolute Gasteiger partial charge is 0.305 e. The maximum atomic E-state index is 10.8. The molecule has 0 aliphatic carbocycles. The summed E-state index contributed by atoms with van der Waals surface area (Å²) >= 11 is 0. The standard InChI is InChI=1S/C10H12O2.CH2O/c1-2-10(11)12-8-9-6-4-3-5-7-9;1-2/h3-7H,2,8H2,1H3;1H2. The van der Waals surface area contributed by atoms with Crippen LogP contribution >= 0.6 is 0 Å². The number of carbonyl (C=O) groups excluding carboxylic acids is 2. The maximum absolute atomic E-state index is 10.8. The fourth-order valence-electron chi connectivity index (χ4n) is 0.840. The Morgan fingerprint density at radius 1 is 1.29 bits per heavy atom. The van der Waals surface area contributed by atoms with E-state index in [9.17, 15) is 4.79 Å². The van der Waals surface area contributed by atoms with Gasteiger partial charge in [-0.15, -0.1) is 0 Å². The van der Waals surface area contributed by atoms with Crippen LogP contribution in [0.15, 0.2) is 30.3 Å². The molecule has 1 aromatic rings. The molecule has 0 spiro atoms. The first-order valence-electron chi connectivity index (χ1n) is 4.31. The van der Waals surface area contributed by atoms with Crippen molar-refractivity contribution in [3.63, 3.8) is 0 Å². The van der Waals surface area contributed by atoms with Gasteiger partial charge in [-0.1, -0.05) is 37.3 Å². The van der Waals surface area contributed by atoms with Gasteiger partial charge in [0.05, 0.1) is 0 Å². The molecule has 0 aliphatic rings. The quantitative estimate of drug-likeness (QED) is 0.691. The molecule has 0 amide bonds. The summed E-state index contributed by atoms with van der Waals surface area (Å²) in [5.41, 5.74) is 1.03. The van der Waals surface area contributed by atoms with Gasteiger partial charge >= 0.3 is 5.97 Å². The number of hydrogen-bond acceptors (Lipinski definition) is 3. The van der Waals surface area contributed by atoms with Crippen LogP contribution in [-0.2, 0) is 20.9 Å². The average Bonchev–Trinajstić information content (AvgIpc) is 2.30. The van der Waals surface area contributed by atoms with Gasteiger partial charge in [0.25, 0.3) is 0 Å². The first-order chi connectivity index (χ1) is 6.83. The highest BCUT2D eigenvalue weighted by Crippen LogP contribution is 2.00. The predicted molar refractivity (Wildman–Crippen MR) is 53.7 cm³/mol. The van der Waals surface area contributed by atoms with Crippen molar-refractivity contribution < 1.29 is 14.3 Å². The van der Waals surface area contributed by atoms with Gasteiger partial charge in [-0.3, -0.25) is 4.79 Å². The lowest BCUT2D eigenvalue weighted by atomic mass is 10.2. The van der Waals surface area contributed by atoms with Crippen molar-refractivity contribution in [1.29, 1.82) is 0 Å². The van der Waals surface area contributed by atoms with Gasteiger partial charge in [0.15, 0.2) is 0 Å². The van der Waals surface area contributed by atoms with E-state index in [2.05, 4.69) is 0 Å². The predicted octanol–water partition coefficient (Wildman–Crippen LogP) is 1.95. The van der Waals surface area contributed by atoms with Gasteiger partial charge in [-0.25, -0.2) is 0 Å². The van der Waals surface area contributed by atoms with Crippen LogP contribution in [0.4, 0.5) is 0 Å².